The SMILES string of the molecule is FCC(F)(F)ON(c1ccccc1)c1ccnnn1. The van der Waals surface area contributed by atoms with Crippen LogP contribution in [-0.2, 0) is 4.84 Å². The fourth-order valence-electron chi connectivity index (χ4n) is 1.30. The molecule has 1 heterocycles. The Morgan fingerprint density at radius 2 is 1.89 bits per heavy atom. The zero-order valence-electron chi connectivity index (χ0n) is 9.58. The lowest BCUT2D eigenvalue weighted by Crippen LogP contribution is -2.33. The van der Waals surface area contributed by atoms with Crippen molar-refractivity contribution in [1.82, 2.24) is 15.4 Å². The molecule has 2 aromatic rings. The molecule has 5 nitrogen and oxygen atoms in total. The molecule has 0 spiro atoms. The Labute approximate surface area is 106 Å². The molecule has 1 aromatic heterocycles. The van der Waals surface area contributed by atoms with Gasteiger partial charge in [-0.2, -0.15) is 18.7 Å². The standard InChI is InChI=1S/C11H9F3N4O/c12-8-11(13,14)19-18(9-4-2-1-3-5-9)10-6-7-15-17-16-10/h1-7H,8H2. The molecule has 0 N–H and O–H groups in total. The van der Waals surface area contributed by atoms with Crippen molar-refractivity contribution in [3.63, 3.8) is 0 Å². The number of alkyl halides is 3. The van der Waals surface area contributed by atoms with Gasteiger partial charge in [0.2, 0.25) is 0 Å². The predicted molar refractivity (Wildman–Crippen MR) is 60.4 cm³/mol. The molecule has 0 saturated heterocycles. The number of nitrogens with zero attached hydrogens (tertiary/aromatic N) is 4. The maximum absolute atomic E-state index is 13.1. The Hall–Kier alpha value is -2.22. The average molecular weight is 270 g/mol. The molecule has 2 rings (SSSR count). The summed E-state index contributed by atoms with van der Waals surface area (Å²) in [6.45, 7) is -1.95. The zero-order valence-corrected chi connectivity index (χ0v) is 9.58. The smallest absolute Gasteiger partial charge is 0.241 e. The molecule has 0 radical (unpaired) electrons. The number of para-hydroxylation sites is 1. The summed E-state index contributed by atoms with van der Waals surface area (Å²) in [4.78, 5) is 4.35. The van der Waals surface area contributed by atoms with E-state index in [0.29, 0.717) is 5.06 Å². The van der Waals surface area contributed by atoms with Gasteiger partial charge in [0.25, 0.3) is 0 Å². The second-order valence-corrected chi connectivity index (χ2v) is 3.47. The van der Waals surface area contributed by atoms with E-state index in [-0.39, 0.29) is 11.5 Å². The first kappa shape index (κ1) is 13.2. The van der Waals surface area contributed by atoms with Crippen LogP contribution in [0.2, 0.25) is 0 Å². The predicted octanol–water partition coefficient (Wildman–Crippen LogP) is 2.50. The molecule has 100 valence electrons. The summed E-state index contributed by atoms with van der Waals surface area (Å²) >= 11 is 0. The molecule has 0 atom stereocenters. The van der Waals surface area contributed by atoms with Gasteiger partial charge in [-0.25, -0.2) is 4.39 Å². The van der Waals surface area contributed by atoms with E-state index in [1.54, 1.807) is 18.2 Å². The van der Waals surface area contributed by atoms with Gasteiger partial charge in [0.15, 0.2) is 12.5 Å². The van der Waals surface area contributed by atoms with Crippen molar-refractivity contribution < 1.29 is 18.0 Å². The Morgan fingerprint density at radius 1 is 1.16 bits per heavy atom. The van der Waals surface area contributed by atoms with Crippen LogP contribution >= 0.6 is 0 Å². The van der Waals surface area contributed by atoms with E-state index in [1.165, 1.54) is 24.4 Å². The van der Waals surface area contributed by atoms with Gasteiger partial charge in [0.1, 0.15) is 0 Å². The first-order chi connectivity index (χ1) is 9.12. The van der Waals surface area contributed by atoms with Gasteiger partial charge in [-0.15, -0.1) is 10.2 Å². The van der Waals surface area contributed by atoms with Crippen molar-refractivity contribution in [3.8, 4) is 0 Å². The van der Waals surface area contributed by atoms with Crippen LogP contribution in [0.15, 0.2) is 42.6 Å². The van der Waals surface area contributed by atoms with Gasteiger partial charge in [0.05, 0.1) is 11.9 Å². The fourth-order valence-corrected chi connectivity index (χ4v) is 1.30. The van der Waals surface area contributed by atoms with Crippen LogP contribution in [0.1, 0.15) is 0 Å². The average Bonchev–Trinajstić information content (AvgIpc) is 2.47. The van der Waals surface area contributed by atoms with Gasteiger partial charge in [-0.1, -0.05) is 18.2 Å². The molecule has 0 amide bonds. The third kappa shape index (κ3) is 3.38. The summed E-state index contributed by atoms with van der Waals surface area (Å²) in [5, 5.41) is 11.0. The highest BCUT2D eigenvalue weighted by molar-refractivity contribution is 5.55. The van der Waals surface area contributed by atoms with Crippen molar-refractivity contribution >= 4 is 11.5 Å². The van der Waals surface area contributed by atoms with E-state index in [2.05, 4.69) is 20.2 Å². The molecule has 0 aliphatic carbocycles. The highest BCUT2D eigenvalue weighted by Gasteiger charge is 2.35. The van der Waals surface area contributed by atoms with Crippen LogP contribution in [-0.4, -0.2) is 28.2 Å². The molecule has 0 aliphatic rings. The topological polar surface area (TPSA) is 51.1 Å². The summed E-state index contributed by atoms with van der Waals surface area (Å²) in [6.07, 6.45) is -2.70. The molecule has 0 bridgehead atoms. The lowest BCUT2D eigenvalue weighted by molar-refractivity contribution is -0.247. The summed E-state index contributed by atoms with van der Waals surface area (Å²) in [6, 6.07) is 9.27. The minimum Gasteiger partial charge on any atom is -0.241 e. The Bertz CT molecular complexity index is 472. The summed E-state index contributed by atoms with van der Waals surface area (Å²) < 4.78 is 38.4. The number of halogens is 3. The maximum Gasteiger partial charge on any atom is 0.403 e. The number of hydrogen-bond acceptors (Lipinski definition) is 5. The van der Waals surface area contributed by atoms with E-state index < -0.39 is 12.8 Å². The number of hydrogen-bond donors (Lipinski definition) is 0. The summed E-state index contributed by atoms with van der Waals surface area (Å²) in [5.74, 6) is -0.0330. The molecular weight excluding hydrogens is 261 g/mol. The van der Waals surface area contributed by atoms with Crippen LogP contribution in [0.25, 0.3) is 0 Å². The normalized spacial score (nSPS) is 11.3. The number of aromatic nitrogens is 3. The van der Waals surface area contributed by atoms with Crippen LogP contribution in [0.3, 0.4) is 0 Å². The van der Waals surface area contributed by atoms with E-state index in [1.807, 2.05) is 0 Å². The monoisotopic (exact) mass is 270 g/mol. The number of benzene rings is 1. The van der Waals surface area contributed by atoms with E-state index >= 15 is 0 Å². The number of rotatable bonds is 5. The fraction of sp³-hybridized carbons (Fsp3) is 0.182. The Morgan fingerprint density at radius 3 is 2.47 bits per heavy atom. The molecule has 8 heteroatoms. The van der Waals surface area contributed by atoms with E-state index in [4.69, 9.17) is 0 Å². The molecule has 19 heavy (non-hydrogen) atoms. The maximum atomic E-state index is 13.1. The minimum absolute atomic E-state index is 0.0330. The third-order valence-corrected chi connectivity index (χ3v) is 2.07. The Balaban J connectivity index is 2.35. The van der Waals surface area contributed by atoms with Crippen LogP contribution in [0, 0.1) is 0 Å². The van der Waals surface area contributed by atoms with Gasteiger partial charge < -0.3 is 0 Å². The lowest BCUT2D eigenvalue weighted by atomic mass is 10.3. The minimum atomic E-state index is -3.96. The highest BCUT2D eigenvalue weighted by atomic mass is 19.3. The first-order valence-corrected chi connectivity index (χ1v) is 5.25. The summed E-state index contributed by atoms with van der Waals surface area (Å²) in [5.41, 5.74) is 0.260. The van der Waals surface area contributed by atoms with Crippen molar-refractivity contribution in [1.29, 1.82) is 0 Å². The second-order valence-electron chi connectivity index (χ2n) is 3.47. The van der Waals surface area contributed by atoms with Gasteiger partial charge >= 0.3 is 6.11 Å². The van der Waals surface area contributed by atoms with Gasteiger partial charge in [-0.3, -0.25) is 0 Å². The van der Waals surface area contributed by atoms with E-state index in [0.717, 1.165) is 0 Å². The van der Waals surface area contributed by atoms with Gasteiger partial charge in [-0.05, 0) is 17.3 Å². The van der Waals surface area contributed by atoms with Crippen LogP contribution < -0.4 is 5.06 Å². The van der Waals surface area contributed by atoms with Crippen molar-refractivity contribution in [2.45, 2.75) is 6.11 Å². The molecule has 0 saturated carbocycles. The Kier molecular flexibility index (Phi) is 3.91. The zero-order chi connectivity index (χ0) is 13.7. The van der Waals surface area contributed by atoms with Crippen molar-refractivity contribution in [3.05, 3.63) is 42.6 Å². The number of anilines is 2. The molecule has 1 aromatic carbocycles. The first-order valence-electron chi connectivity index (χ1n) is 5.25. The molecule has 0 fully saturated rings. The summed E-state index contributed by atoms with van der Waals surface area (Å²) in [7, 11) is 0. The quantitative estimate of drug-likeness (QED) is 0.781. The highest BCUT2D eigenvalue weighted by Crippen LogP contribution is 2.28. The van der Waals surface area contributed by atoms with Crippen molar-refractivity contribution in [2.24, 2.45) is 0 Å². The largest absolute Gasteiger partial charge is 0.403 e. The van der Waals surface area contributed by atoms with Crippen LogP contribution in [0.4, 0.5) is 24.7 Å². The molecular formula is C11H9F3N4O. The lowest BCUT2D eigenvalue weighted by Gasteiger charge is -2.25. The van der Waals surface area contributed by atoms with Crippen LogP contribution in [0.5, 0.6) is 0 Å². The third-order valence-electron chi connectivity index (χ3n) is 2.07. The molecule has 0 unspecified atom stereocenters. The van der Waals surface area contributed by atoms with Crippen molar-refractivity contribution in [2.75, 3.05) is 11.7 Å². The van der Waals surface area contributed by atoms with E-state index in [9.17, 15) is 13.2 Å². The van der Waals surface area contributed by atoms with Gasteiger partial charge in [0, 0.05) is 6.07 Å². The molecule has 0 aliphatic heterocycles. The second kappa shape index (κ2) is 5.61.